The first-order valence-corrected chi connectivity index (χ1v) is 4.47. The Kier molecular flexibility index (Phi) is 3.25. The summed E-state index contributed by atoms with van der Waals surface area (Å²) >= 11 is 3.09. The van der Waals surface area contributed by atoms with Crippen molar-refractivity contribution in [2.75, 3.05) is 6.61 Å². The number of hydrogen-bond acceptors (Lipinski definition) is 3. The van der Waals surface area contributed by atoms with Crippen LogP contribution in [0, 0.1) is 0 Å². The quantitative estimate of drug-likeness (QED) is 0.828. The van der Waals surface area contributed by atoms with E-state index in [-0.39, 0.29) is 5.69 Å². The summed E-state index contributed by atoms with van der Waals surface area (Å²) in [5.74, 6) is -0.803. The average Bonchev–Trinajstić information content (AvgIpc) is 2.08. The molecule has 0 aliphatic rings. The molecule has 1 heterocycles. The lowest BCUT2D eigenvalue weighted by molar-refractivity contribution is 0.0685. The van der Waals surface area contributed by atoms with Gasteiger partial charge in [-0.25, -0.2) is 9.78 Å². The van der Waals surface area contributed by atoms with Crippen LogP contribution in [-0.2, 0) is 0 Å². The third-order valence-corrected chi connectivity index (χ3v) is 1.77. The molecule has 1 rings (SSSR count). The van der Waals surface area contributed by atoms with Gasteiger partial charge in [-0.15, -0.1) is 0 Å². The molecule has 0 spiro atoms. The summed E-state index contributed by atoms with van der Waals surface area (Å²) in [6.45, 7) is 2.21. The molecule has 0 bridgehead atoms. The molecule has 70 valence electrons. The smallest absolute Gasteiger partial charge is 0.358 e. The fourth-order valence-corrected chi connectivity index (χ4v) is 1.16. The fourth-order valence-electron chi connectivity index (χ4n) is 0.848. The molecular formula is C8H8BrNO3. The molecule has 1 aromatic heterocycles. The van der Waals surface area contributed by atoms with Crippen molar-refractivity contribution in [2.45, 2.75) is 6.92 Å². The number of carboxylic acid groups (broad SMARTS) is 1. The maximum Gasteiger partial charge on any atom is 0.358 e. The number of aromatic nitrogens is 1. The Morgan fingerprint density at radius 1 is 1.69 bits per heavy atom. The molecule has 0 aliphatic carbocycles. The van der Waals surface area contributed by atoms with Crippen LogP contribution in [0.5, 0.6) is 5.75 Å². The number of nitrogens with zero attached hydrogens (tertiary/aromatic N) is 1. The van der Waals surface area contributed by atoms with Crippen molar-refractivity contribution in [1.29, 1.82) is 0 Å². The van der Waals surface area contributed by atoms with Gasteiger partial charge >= 0.3 is 5.97 Å². The fraction of sp³-hybridized carbons (Fsp3) is 0.250. The van der Waals surface area contributed by atoms with Crippen molar-refractivity contribution in [3.8, 4) is 5.75 Å². The lowest BCUT2D eigenvalue weighted by Crippen LogP contribution is -2.05. The summed E-state index contributed by atoms with van der Waals surface area (Å²) in [6, 6.07) is 3.21. The molecule has 0 atom stereocenters. The molecule has 0 unspecified atom stereocenters. The highest BCUT2D eigenvalue weighted by atomic mass is 79.9. The number of ether oxygens (including phenoxy) is 1. The number of carbonyl (C=O) groups is 1. The van der Waals surface area contributed by atoms with Crippen LogP contribution in [0.25, 0.3) is 0 Å². The molecule has 5 heteroatoms. The van der Waals surface area contributed by atoms with Crippen LogP contribution >= 0.6 is 15.9 Å². The van der Waals surface area contributed by atoms with Crippen molar-refractivity contribution in [3.05, 3.63) is 22.4 Å². The van der Waals surface area contributed by atoms with E-state index >= 15 is 0 Å². The van der Waals surface area contributed by atoms with E-state index in [9.17, 15) is 4.79 Å². The van der Waals surface area contributed by atoms with Crippen LogP contribution in [-0.4, -0.2) is 22.7 Å². The van der Waals surface area contributed by atoms with Crippen LogP contribution in [0.1, 0.15) is 17.4 Å². The predicted octanol–water partition coefficient (Wildman–Crippen LogP) is 1.94. The molecule has 0 amide bonds. The highest BCUT2D eigenvalue weighted by Gasteiger charge is 2.12. The average molecular weight is 246 g/mol. The van der Waals surface area contributed by atoms with Gasteiger partial charge in [-0.2, -0.15) is 0 Å². The Morgan fingerprint density at radius 3 is 2.92 bits per heavy atom. The second-order valence-electron chi connectivity index (χ2n) is 2.22. The minimum atomic E-state index is -1.09. The zero-order valence-electron chi connectivity index (χ0n) is 6.95. The monoisotopic (exact) mass is 245 g/mol. The summed E-state index contributed by atoms with van der Waals surface area (Å²) in [4.78, 5) is 14.5. The maximum absolute atomic E-state index is 10.7. The zero-order chi connectivity index (χ0) is 9.84. The summed E-state index contributed by atoms with van der Waals surface area (Å²) in [7, 11) is 0. The topological polar surface area (TPSA) is 59.4 Å². The molecule has 0 saturated heterocycles. The van der Waals surface area contributed by atoms with Gasteiger partial charge in [0.2, 0.25) is 0 Å². The summed E-state index contributed by atoms with van der Waals surface area (Å²) in [5, 5.41) is 8.75. The second kappa shape index (κ2) is 4.23. The molecule has 0 aliphatic heterocycles. The highest BCUT2D eigenvalue weighted by Crippen LogP contribution is 2.19. The van der Waals surface area contributed by atoms with Gasteiger partial charge in [0.05, 0.1) is 6.61 Å². The zero-order valence-corrected chi connectivity index (χ0v) is 8.54. The highest BCUT2D eigenvalue weighted by molar-refractivity contribution is 9.10. The van der Waals surface area contributed by atoms with Gasteiger partial charge in [0.25, 0.3) is 0 Å². The number of rotatable bonds is 3. The predicted molar refractivity (Wildman–Crippen MR) is 50.1 cm³/mol. The Hall–Kier alpha value is -1.10. The summed E-state index contributed by atoms with van der Waals surface area (Å²) < 4.78 is 5.57. The number of hydrogen-bond donors (Lipinski definition) is 1. The van der Waals surface area contributed by atoms with E-state index in [0.717, 1.165) is 0 Å². The third kappa shape index (κ3) is 2.42. The van der Waals surface area contributed by atoms with E-state index in [1.54, 1.807) is 19.1 Å². The van der Waals surface area contributed by atoms with Gasteiger partial charge in [0.15, 0.2) is 11.4 Å². The van der Waals surface area contributed by atoms with Gasteiger partial charge in [-0.05, 0) is 35.0 Å². The van der Waals surface area contributed by atoms with Crippen LogP contribution in [0.3, 0.4) is 0 Å². The molecule has 0 aromatic carbocycles. The molecule has 0 radical (unpaired) electrons. The van der Waals surface area contributed by atoms with E-state index in [4.69, 9.17) is 9.84 Å². The van der Waals surface area contributed by atoms with E-state index in [1.807, 2.05) is 0 Å². The van der Waals surface area contributed by atoms with Crippen LogP contribution < -0.4 is 4.74 Å². The van der Waals surface area contributed by atoms with Crippen molar-refractivity contribution in [3.63, 3.8) is 0 Å². The van der Waals surface area contributed by atoms with Crippen LogP contribution in [0.4, 0.5) is 0 Å². The summed E-state index contributed by atoms with van der Waals surface area (Å²) in [5.41, 5.74) is -0.0729. The first-order chi connectivity index (χ1) is 6.15. The largest absolute Gasteiger partial charge is 0.491 e. The van der Waals surface area contributed by atoms with E-state index in [1.165, 1.54) is 0 Å². The van der Waals surface area contributed by atoms with Crippen molar-refractivity contribution in [1.82, 2.24) is 4.98 Å². The second-order valence-corrected chi connectivity index (χ2v) is 3.03. The molecule has 0 saturated carbocycles. The number of aromatic carboxylic acids is 1. The molecule has 1 N–H and O–H groups in total. The number of pyridine rings is 1. The molecule has 4 nitrogen and oxygen atoms in total. The maximum atomic E-state index is 10.7. The normalized spacial score (nSPS) is 9.69. The Morgan fingerprint density at radius 2 is 2.38 bits per heavy atom. The Bertz CT molecular complexity index is 327. The van der Waals surface area contributed by atoms with E-state index < -0.39 is 5.97 Å². The lowest BCUT2D eigenvalue weighted by Gasteiger charge is -2.05. The van der Waals surface area contributed by atoms with Crippen molar-refractivity contribution < 1.29 is 14.6 Å². The van der Waals surface area contributed by atoms with Crippen LogP contribution in [0.2, 0.25) is 0 Å². The number of halogens is 1. The first kappa shape index (κ1) is 9.98. The molecule has 13 heavy (non-hydrogen) atoms. The Labute approximate surface area is 83.7 Å². The number of carboxylic acids is 1. The summed E-state index contributed by atoms with van der Waals surface area (Å²) in [6.07, 6.45) is 0. The van der Waals surface area contributed by atoms with Crippen LogP contribution in [0.15, 0.2) is 16.7 Å². The van der Waals surface area contributed by atoms with Crippen molar-refractivity contribution >= 4 is 21.9 Å². The standard InChI is InChI=1S/C8H8BrNO3/c1-2-13-5-3-4-6(9)10-7(5)8(11)12/h3-4H,2H2,1H3,(H,11,12). The molecule has 1 aromatic rings. The van der Waals surface area contributed by atoms with Gasteiger partial charge in [-0.1, -0.05) is 0 Å². The first-order valence-electron chi connectivity index (χ1n) is 3.67. The Balaban J connectivity index is 3.10. The van der Waals surface area contributed by atoms with Crippen molar-refractivity contribution in [2.24, 2.45) is 0 Å². The third-order valence-electron chi connectivity index (χ3n) is 1.33. The van der Waals surface area contributed by atoms with E-state index in [0.29, 0.717) is 17.0 Å². The minimum absolute atomic E-state index is 0.0729. The molecule has 0 fully saturated rings. The molecular weight excluding hydrogens is 238 g/mol. The van der Waals surface area contributed by atoms with Gasteiger partial charge < -0.3 is 9.84 Å². The minimum Gasteiger partial charge on any atom is -0.491 e. The van der Waals surface area contributed by atoms with Gasteiger partial charge in [-0.3, -0.25) is 0 Å². The van der Waals surface area contributed by atoms with Gasteiger partial charge in [0, 0.05) is 0 Å². The lowest BCUT2D eigenvalue weighted by atomic mass is 10.3. The SMILES string of the molecule is CCOc1ccc(Br)nc1C(=O)O. The van der Waals surface area contributed by atoms with E-state index in [2.05, 4.69) is 20.9 Å². The van der Waals surface area contributed by atoms with Gasteiger partial charge in [0.1, 0.15) is 4.60 Å².